The predicted molar refractivity (Wildman–Crippen MR) is 147 cm³/mol. The molecule has 0 aromatic heterocycles. The zero-order chi connectivity index (χ0) is 24.5. The van der Waals surface area contributed by atoms with E-state index in [2.05, 4.69) is 27.9 Å². The summed E-state index contributed by atoms with van der Waals surface area (Å²) in [5, 5.41) is 3.47. The highest BCUT2D eigenvalue weighted by atomic mass is 127. The summed E-state index contributed by atoms with van der Waals surface area (Å²) in [7, 11) is -1.60. The fourth-order valence-corrected chi connectivity index (χ4v) is 6.02. The van der Waals surface area contributed by atoms with Gasteiger partial charge in [0.1, 0.15) is 0 Å². The van der Waals surface area contributed by atoms with Crippen LogP contribution in [-0.4, -0.2) is 16.0 Å². The van der Waals surface area contributed by atoms with Crippen LogP contribution in [-0.2, 0) is 17.3 Å². The zero-order valence-corrected chi connectivity index (χ0v) is 21.9. The molecule has 0 radical (unpaired) electrons. The number of carbonyl (C=O) groups is 2. The van der Waals surface area contributed by atoms with Crippen molar-refractivity contribution in [2.75, 3.05) is 10.2 Å². The lowest BCUT2D eigenvalue weighted by atomic mass is 10.1. The first-order valence-corrected chi connectivity index (χ1v) is 13.3. The first kappa shape index (κ1) is 23.7. The van der Waals surface area contributed by atoms with Crippen molar-refractivity contribution in [3.8, 4) is 0 Å². The minimum absolute atomic E-state index is 0.208. The van der Waals surface area contributed by atoms with Gasteiger partial charge in [0.25, 0.3) is 11.8 Å². The van der Waals surface area contributed by atoms with Gasteiger partial charge in [-0.25, -0.2) is 4.21 Å². The number of halogens is 2. The Morgan fingerprint density at radius 3 is 2.49 bits per heavy atom. The van der Waals surface area contributed by atoms with Gasteiger partial charge in [0.15, 0.2) is 0 Å². The van der Waals surface area contributed by atoms with E-state index in [1.165, 1.54) is 0 Å². The zero-order valence-electron chi connectivity index (χ0n) is 18.2. The summed E-state index contributed by atoms with van der Waals surface area (Å²) in [6, 6.07) is 26.5. The number of rotatable bonds is 4. The van der Waals surface area contributed by atoms with Crippen molar-refractivity contribution >= 4 is 68.2 Å². The van der Waals surface area contributed by atoms with E-state index in [0.717, 1.165) is 9.13 Å². The fraction of sp³-hybridized carbons (Fsp3) is 0.0370. The molecule has 0 saturated carbocycles. The van der Waals surface area contributed by atoms with Gasteiger partial charge in [0.05, 0.1) is 44.1 Å². The number of hydrogen-bond donors (Lipinski definition) is 1. The van der Waals surface area contributed by atoms with E-state index in [1.807, 2.05) is 36.4 Å². The SMILES string of the molecule is O=C(Nc1ccccc1I)c1ccc2c(c1)N(Cc1cccc(Cl)c1)C(=O)c1ccccc1[S@]2=O. The third kappa shape index (κ3) is 4.76. The molecule has 1 aliphatic rings. The van der Waals surface area contributed by atoms with Gasteiger partial charge < -0.3 is 10.2 Å². The summed E-state index contributed by atoms with van der Waals surface area (Å²) < 4.78 is 14.5. The van der Waals surface area contributed by atoms with Crippen molar-refractivity contribution in [1.82, 2.24) is 0 Å². The van der Waals surface area contributed by atoms with Crippen LogP contribution in [0.5, 0.6) is 0 Å². The third-order valence-corrected chi connectivity index (χ3v) is 8.30. The number of nitrogens with one attached hydrogen (secondary N) is 1. The maximum absolute atomic E-state index is 13.7. The second-order valence-electron chi connectivity index (χ2n) is 7.90. The number of carbonyl (C=O) groups excluding carboxylic acids is 2. The molecule has 1 atom stereocenters. The van der Waals surface area contributed by atoms with Crippen molar-refractivity contribution in [3.63, 3.8) is 0 Å². The Bertz CT molecular complexity index is 1510. The molecule has 0 aliphatic carbocycles. The number of amides is 2. The maximum Gasteiger partial charge on any atom is 0.259 e. The van der Waals surface area contributed by atoms with Gasteiger partial charge in [0.2, 0.25) is 0 Å². The number of anilines is 2. The van der Waals surface area contributed by atoms with Crippen LogP contribution in [0.3, 0.4) is 0 Å². The van der Waals surface area contributed by atoms with Crippen LogP contribution < -0.4 is 10.2 Å². The first-order valence-electron chi connectivity index (χ1n) is 10.7. The van der Waals surface area contributed by atoms with Crippen LogP contribution in [0.25, 0.3) is 0 Å². The van der Waals surface area contributed by atoms with Crippen molar-refractivity contribution in [2.24, 2.45) is 0 Å². The number of benzene rings is 4. The monoisotopic (exact) mass is 612 g/mol. The third-order valence-electron chi connectivity index (χ3n) is 5.63. The minimum Gasteiger partial charge on any atom is -0.321 e. The van der Waals surface area contributed by atoms with E-state index in [1.54, 1.807) is 59.5 Å². The maximum atomic E-state index is 13.7. The molecule has 174 valence electrons. The molecule has 2 amide bonds. The summed E-state index contributed by atoms with van der Waals surface area (Å²) >= 11 is 8.34. The Morgan fingerprint density at radius 1 is 0.914 bits per heavy atom. The van der Waals surface area contributed by atoms with Gasteiger partial charge in [-0.3, -0.25) is 9.59 Å². The van der Waals surface area contributed by atoms with Crippen LogP contribution in [0.2, 0.25) is 5.02 Å². The Hall–Kier alpha value is -3.01. The van der Waals surface area contributed by atoms with Gasteiger partial charge in [0, 0.05) is 14.2 Å². The fourth-order valence-electron chi connectivity index (χ4n) is 3.94. The van der Waals surface area contributed by atoms with E-state index in [4.69, 9.17) is 11.6 Å². The Kier molecular flexibility index (Phi) is 6.73. The van der Waals surface area contributed by atoms with E-state index in [0.29, 0.717) is 37.3 Å². The van der Waals surface area contributed by atoms with Crippen LogP contribution in [0.15, 0.2) is 101 Å². The molecule has 35 heavy (non-hydrogen) atoms. The lowest BCUT2D eigenvalue weighted by Crippen LogP contribution is -2.30. The number of hydrogen-bond acceptors (Lipinski definition) is 3. The molecular weight excluding hydrogens is 595 g/mol. The van der Waals surface area contributed by atoms with Gasteiger partial charge in [-0.1, -0.05) is 48.0 Å². The van der Waals surface area contributed by atoms with Crippen molar-refractivity contribution in [2.45, 2.75) is 16.3 Å². The topological polar surface area (TPSA) is 66.5 Å². The second-order valence-corrected chi connectivity index (χ2v) is 10.9. The lowest BCUT2D eigenvalue weighted by molar-refractivity contribution is 0.0979. The van der Waals surface area contributed by atoms with Crippen LogP contribution in [0.1, 0.15) is 26.3 Å². The van der Waals surface area contributed by atoms with Crippen LogP contribution >= 0.6 is 34.2 Å². The normalized spacial score (nSPS) is 14.6. The Labute approximate surface area is 223 Å². The highest BCUT2D eigenvalue weighted by Crippen LogP contribution is 2.36. The van der Waals surface area contributed by atoms with Crippen molar-refractivity contribution in [3.05, 3.63) is 116 Å². The number of para-hydroxylation sites is 1. The molecule has 0 fully saturated rings. The van der Waals surface area contributed by atoms with Gasteiger partial charge in [-0.2, -0.15) is 0 Å². The molecule has 5 nitrogen and oxygen atoms in total. The highest BCUT2D eigenvalue weighted by Gasteiger charge is 2.31. The van der Waals surface area contributed by atoms with Gasteiger partial charge in [-0.05, 0) is 82.8 Å². The molecule has 4 aromatic rings. The number of nitrogens with zero attached hydrogens (tertiary/aromatic N) is 1. The molecule has 0 spiro atoms. The highest BCUT2D eigenvalue weighted by molar-refractivity contribution is 14.1. The van der Waals surface area contributed by atoms with Crippen molar-refractivity contribution in [1.29, 1.82) is 0 Å². The molecule has 8 heteroatoms. The van der Waals surface area contributed by atoms with E-state index < -0.39 is 10.8 Å². The summed E-state index contributed by atoms with van der Waals surface area (Å²) in [6.45, 7) is 0.208. The minimum atomic E-state index is -1.60. The first-order chi connectivity index (χ1) is 16.9. The van der Waals surface area contributed by atoms with E-state index in [-0.39, 0.29) is 18.4 Å². The predicted octanol–water partition coefficient (Wildman–Crippen LogP) is 6.52. The van der Waals surface area contributed by atoms with E-state index in [9.17, 15) is 13.8 Å². The smallest absolute Gasteiger partial charge is 0.259 e. The molecule has 0 bridgehead atoms. The van der Waals surface area contributed by atoms with Gasteiger partial charge in [-0.15, -0.1) is 0 Å². The molecule has 0 unspecified atom stereocenters. The van der Waals surface area contributed by atoms with Crippen LogP contribution in [0, 0.1) is 3.57 Å². The standard InChI is InChI=1S/C27H18ClIN2O3S/c28-19-7-5-6-17(14-19)16-31-23-15-18(26(32)30-22-10-3-2-9-21(22)29)12-13-25(23)35(34)24-11-4-1-8-20(24)27(31)33/h1-15H,16H2,(H,30,32)/t35-/m1/s1. The molecule has 1 N–H and O–H groups in total. The summed E-state index contributed by atoms with van der Waals surface area (Å²) in [5.41, 5.74) is 2.66. The quantitative estimate of drug-likeness (QED) is 0.267. The molecular formula is C27H18ClIN2O3S. The summed E-state index contributed by atoms with van der Waals surface area (Å²) in [6.07, 6.45) is 0. The van der Waals surface area contributed by atoms with Crippen molar-refractivity contribution < 1.29 is 13.8 Å². The summed E-state index contributed by atoms with van der Waals surface area (Å²) in [5.74, 6) is -0.609. The number of fused-ring (bicyclic) bond motifs is 2. The van der Waals surface area contributed by atoms with Gasteiger partial charge >= 0.3 is 0 Å². The lowest BCUT2D eigenvalue weighted by Gasteiger charge is -2.24. The Balaban J connectivity index is 1.61. The molecule has 4 aromatic carbocycles. The van der Waals surface area contributed by atoms with E-state index >= 15 is 0 Å². The largest absolute Gasteiger partial charge is 0.321 e. The summed E-state index contributed by atoms with van der Waals surface area (Å²) in [4.78, 5) is 29.3. The average molecular weight is 613 g/mol. The molecule has 1 heterocycles. The molecule has 5 rings (SSSR count). The molecule has 1 aliphatic heterocycles. The van der Waals surface area contributed by atoms with Crippen LogP contribution in [0.4, 0.5) is 11.4 Å². The Morgan fingerprint density at radius 2 is 1.69 bits per heavy atom. The molecule has 0 saturated heterocycles. The average Bonchev–Trinajstić information content (AvgIpc) is 2.95. The second kappa shape index (κ2) is 9.93.